The third kappa shape index (κ3) is 4.66. The van der Waals surface area contributed by atoms with E-state index in [1.165, 1.54) is 9.80 Å². The molecule has 43 heavy (non-hydrogen) atoms. The quantitative estimate of drug-likeness (QED) is 0.391. The van der Waals surface area contributed by atoms with E-state index in [1.807, 2.05) is 78.0 Å². The van der Waals surface area contributed by atoms with Crippen LogP contribution in [0.3, 0.4) is 0 Å². The molecule has 0 radical (unpaired) electrons. The zero-order valence-electron chi connectivity index (χ0n) is 25.7. The number of phenols is 1. The molecule has 4 amide bonds. The molecule has 4 aliphatic rings. The number of rotatable bonds is 4. The fraction of sp³-hybridized carbons (Fsp3) is 0.486. The minimum absolute atomic E-state index is 0.0300. The van der Waals surface area contributed by atoms with Gasteiger partial charge in [0.2, 0.25) is 23.6 Å². The molecule has 8 nitrogen and oxygen atoms in total. The van der Waals surface area contributed by atoms with Crippen LogP contribution in [0.4, 0.5) is 0 Å². The summed E-state index contributed by atoms with van der Waals surface area (Å²) < 4.78 is 5.94. The molecule has 0 bridgehead atoms. The highest BCUT2D eigenvalue weighted by molar-refractivity contribution is 6.08. The maximum absolute atomic E-state index is 14.1. The molecule has 0 aromatic heterocycles. The number of amides is 4. The van der Waals surface area contributed by atoms with Crippen LogP contribution in [0.5, 0.6) is 11.5 Å². The van der Waals surface area contributed by atoms with Gasteiger partial charge < -0.3 is 9.84 Å². The molecule has 2 aliphatic carbocycles. The molecule has 6 unspecified atom stereocenters. The first-order valence-electron chi connectivity index (χ1n) is 15.2. The smallest absolute Gasteiger partial charge is 0.234 e. The van der Waals surface area contributed by atoms with E-state index in [9.17, 15) is 24.3 Å². The molecule has 1 N–H and O–H groups in total. The maximum Gasteiger partial charge on any atom is 0.234 e. The molecular formula is C35H40N2O6. The van der Waals surface area contributed by atoms with Crippen LogP contribution < -0.4 is 4.74 Å². The Bertz CT molecular complexity index is 1530. The minimum atomic E-state index is -0.725. The molecule has 2 aromatic rings. The summed E-state index contributed by atoms with van der Waals surface area (Å²) in [5.41, 5.74) is 0.987. The van der Waals surface area contributed by atoms with Crippen LogP contribution in [-0.2, 0) is 25.8 Å². The Morgan fingerprint density at radius 2 is 1.37 bits per heavy atom. The van der Waals surface area contributed by atoms with Gasteiger partial charge in [0.05, 0.1) is 23.7 Å². The minimum Gasteiger partial charge on any atom is -0.508 e. The van der Waals surface area contributed by atoms with E-state index in [4.69, 9.17) is 4.74 Å². The summed E-state index contributed by atoms with van der Waals surface area (Å²) in [7, 11) is 0. The second-order valence-electron chi connectivity index (χ2n) is 14.4. The number of benzene rings is 2. The Hall–Kier alpha value is -3.94. The summed E-state index contributed by atoms with van der Waals surface area (Å²) in [6.07, 6.45) is 2.70. The predicted octanol–water partition coefficient (Wildman–Crippen LogP) is 5.20. The highest BCUT2D eigenvalue weighted by Crippen LogP contribution is 2.59. The number of imide groups is 2. The molecule has 2 aromatic carbocycles. The van der Waals surface area contributed by atoms with Crippen LogP contribution in [0.25, 0.3) is 0 Å². The predicted molar refractivity (Wildman–Crippen MR) is 160 cm³/mol. The molecule has 6 rings (SSSR count). The lowest BCUT2D eigenvalue weighted by molar-refractivity contribution is -0.147. The van der Waals surface area contributed by atoms with Gasteiger partial charge in [-0.2, -0.15) is 0 Å². The maximum atomic E-state index is 14.1. The Morgan fingerprint density at radius 1 is 0.767 bits per heavy atom. The molecule has 2 heterocycles. The van der Waals surface area contributed by atoms with E-state index in [-0.39, 0.29) is 35.3 Å². The fourth-order valence-corrected chi connectivity index (χ4v) is 7.88. The van der Waals surface area contributed by atoms with Gasteiger partial charge in [0.25, 0.3) is 0 Å². The molecule has 3 fully saturated rings. The number of ether oxygens (including phenoxy) is 1. The summed E-state index contributed by atoms with van der Waals surface area (Å²) in [5, 5.41) is 11.4. The van der Waals surface area contributed by atoms with Gasteiger partial charge in [-0.3, -0.25) is 29.0 Å². The highest BCUT2D eigenvalue weighted by atomic mass is 16.5. The first kappa shape index (κ1) is 29.1. The van der Waals surface area contributed by atoms with Crippen LogP contribution >= 0.6 is 0 Å². The molecule has 2 aliphatic heterocycles. The number of allylic oxidation sites excluding steroid dienone is 2. The van der Waals surface area contributed by atoms with Gasteiger partial charge >= 0.3 is 0 Å². The molecular weight excluding hydrogens is 544 g/mol. The Labute approximate surface area is 252 Å². The van der Waals surface area contributed by atoms with Crippen molar-refractivity contribution in [1.29, 1.82) is 0 Å². The fourth-order valence-electron chi connectivity index (χ4n) is 7.88. The van der Waals surface area contributed by atoms with Gasteiger partial charge in [0.15, 0.2) is 0 Å². The van der Waals surface area contributed by atoms with Gasteiger partial charge in [-0.1, -0.05) is 48.0 Å². The molecule has 226 valence electrons. The number of hydrogen-bond donors (Lipinski definition) is 1. The van der Waals surface area contributed by atoms with E-state index in [2.05, 4.69) is 0 Å². The van der Waals surface area contributed by atoms with Crippen molar-refractivity contribution in [2.24, 2.45) is 29.6 Å². The zero-order valence-corrected chi connectivity index (χ0v) is 25.7. The number of aromatic hydroxyl groups is 1. The SMILES string of the molecule is CC(C)(C)N1C(=O)C2CC=C3C(CC4C(=O)N(C(C)(C)C)C(=O)C4C3c3ccc(OCc4ccccc4)cc3O)C2C1=O. The Kier molecular flexibility index (Phi) is 6.82. The normalized spacial score (nSPS) is 28.9. The number of nitrogens with zero attached hydrogens (tertiary/aromatic N) is 2. The largest absolute Gasteiger partial charge is 0.508 e. The average molecular weight is 585 g/mol. The third-order valence-electron chi connectivity index (χ3n) is 9.58. The topological polar surface area (TPSA) is 104 Å². The molecule has 8 heteroatoms. The second-order valence-corrected chi connectivity index (χ2v) is 14.4. The number of likely N-dealkylation sites (tertiary alicyclic amines) is 2. The first-order valence-corrected chi connectivity index (χ1v) is 15.2. The van der Waals surface area contributed by atoms with Gasteiger partial charge in [-0.15, -0.1) is 0 Å². The van der Waals surface area contributed by atoms with Crippen LogP contribution in [0, 0.1) is 29.6 Å². The van der Waals surface area contributed by atoms with E-state index in [0.717, 1.165) is 11.1 Å². The van der Waals surface area contributed by atoms with E-state index < -0.39 is 40.7 Å². The molecule has 0 spiro atoms. The standard InChI is InChI=1S/C35H40N2O6/c1-34(2,3)36-30(39)23-15-14-21-24(28(23)32(36)41)17-25-29(33(42)37(31(25)40)35(4,5)6)27(21)22-13-12-20(16-26(22)38)43-18-19-10-8-7-9-11-19/h7-14,16,23-25,27-29,38H,15,17-18H2,1-6H3. The molecule has 1 saturated carbocycles. The zero-order chi connectivity index (χ0) is 31.0. The van der Waals surface area contributed by atoms with E-state index in [0.29, 0.717) is 30.8 Å². The second kappa shape index (κ2) is 10.1. The summed E-state index contributed by atoms with van der Waals surface area (Å²) >= 11 is 0. The van der Waals surface area contributed by atoms with E-state index in [1.54, 1.807) is 18.2 Å². The Balaban J connectivity index is 1.41. The van der Waals surface area contributed by atoms with Crippen LogP contribution in [-0.4, -0.2) is 49.6 Å². The van der Waals surface area contributed by atoms with Gasteiger partial charge in [-0.05, 0) is 71.9 Å². The number of fused-ring (bicyclic) bond motifs is 4. The first-order chi connectivity index (χ1) is 20.2. The lowest BCUT2D eigenvalue weighted by Crippen LogP contribution is -2.47. The van der Waals surface area contributed by atoms with Gasteiger partial charge in [-0.25, -0.2) is 0 Å². The summed E-state index contributed by atoms with van der Waals surface area (Å²) in [6.45, 7) is 11.4. The van der Waals surface area contributed by atoms with Crippen LogP contribution in [0.1, 0.15) is 71.4 Å². The van der Waals surface area contributed by atoms with Crippen LogP contribution in [0.2, 0.25) is 0 Å². The summed E-state index contributed by atoms with van der Waals surface area (Å²) in [6, 6.07) is 14.8. The van der Waals surface area contributed by atoms with Crippen LogP contribution in [0.15, 0.2) is 60.2 Å². The van der Waals surface area contributed by atoms with Crippen molar-refractivity contribution < 1.29 is 29.0 Å². The summed E-state index contributed by atoms with van der Waals surface area (Å²) in [4.78, 5) is 58.1. The van der Waals surface area contributed by atoms with Gasteiger partial charge in [0, 0.05) is 28.6 Å². The number of hydrogen-bond acceptors (Lipinski definition) is 6. The lowest BCUT2D eigenvalue weighted by atomic mass is 9.57. The number of phenolic OH excluding ortho intramolecular Hbond substituents is 1. The van der Waals surface area contributed by atoms with Crippen molar-refractivity contribution in [2.45, 2.75) is 78.0 Å². The summed E-state index contributed by atoms with van der Waals surface area (Å²) in [5.74, 6) is -3.91. The van der Waals surface area contributed by atoms with Crippen molar-refractivity contribution in [2.75, 3.05) is 0 Å². The van der Waals surface area contributed by atoms with Crippen molar-refractivity contribution in [3.8, 4) is 11.5 Å². The van der Waals surface area contributed by atoms with Crippen molar-refractivity contribution in [3.63, 3.8) is 0 Å². The van der Waals surface area contributed by atoms with Gasteiger partial charge in [0.1, 0.15) is 18.1 Å². The Morgan fingerprint density at radius 3 is 1.98 bits per heavy atom. The van der Waals surface area contributed by atoms with Crippen molar-refractivity contribution >= 4 is 23.6 Å². The van der Waals surface area contributed by atoms with Crippen molar-refractivity contribution in [1.82, 2.24) is 9.80 Å². The average Bonchev–Trinajstić information content (AvgIpc) is 3.35. The molecule has 6 atom stereocenters. The van der Waals surface area contributed by atoms with Crippen molar-refractivity contribution in [3.05, 3.63) is 71.3 Å². The number of carbonyl (C=O) groups excluding carboxylic acids is 4. The number of carbonyl (C=O) groups is 4. The highest BCUT2D eigenvalue weighted by Gasteiger charge is 2.63. The third-order valence-corrected chi connectivity index (χ3v) is 9.58. The monoisotopic (exact) mass is 584 g/mol. The molecule has 2 saturated heterocycles. The lowest BCUT2D eigenvalue weighted by Gasteiger charge is -2.44. The van der Waals surface area contributed by atoms with E-state index >= 15 is 0 Å².